The van der Waals surface area contributed by atoms with Crippen LogP contribution in [0.3, 0.4) is 0 Å². The topological polar surface area (TPSA) is 55.1 Å². The SMILES string of the molecule is Cn1nc(-c2ccc(F)cc2)c2cc(C(=O)O)ccc21. The second-order valence-corrected chi connectivity index (χ2v) is 4.52. The van der Waals surface area contributed by atoms with Gasteiger partial charge in [0, 0.05) is 18.0 Å². The fraction of sp³-hybridized carbons (Fsp3) is 0.0667. The molecule has 4 nitrogen and oxygen atoms in total. The lowest BCUT2D eigenvalue weighted by Crippen LogP contribution is -1.95. The number of fused-ring (bicyclic) bond motifs is 1. The number of halogens is 1. The van der Waals surface area contributed by atoms with Crippen LogP contribution in [0.15, 0.2) is 42.5 Å². The van der Waals surface area contributed by atoms with E-state index in [9.17, 15) is 9.18 Å². The Hall–Kier alpha value is -2.69. The highest BCUT2D eigenvalue weighted by Gasteiger charge is 2.13. The fourth-order valence-electron chi connectivity index (χ4n) is 2.22. The Labute approximate surface area is 114 Å². The third kappa shape index (κ3) is 1.93. The highest BCUT2D eigenvalue weighted by atomic mass is 19.1. The molecule has 1 N–H and O–H groups in total. The molecule has 3 aromatic rings. The van der Waals surface area contributed by atoms with Crippen molar-refractivity contribution in [3.63, 3.8) is 0 Å². The molecule has 0 saturated heterocycles. The molecule has 2 aromatic carbocycles. The van der Waals surface area contributed by atoms with Crippen LogP contribution in [0.2, 0.25) is 0 Å². The lowest BCUT2D eigenvalue weighted by Gasteiger charge is -1.99. The fourth-order valence-corrected chi connectivity index (χ4v) is 2.22. The molecule has 1 aromatic heterocycles. The number of nitrogens with zero attached hydrogens (tertiary/aromatic N) is 2. The van der Waals surface area contributed by atoms with Crippen molar-refractivity contribution >= 4 is 16.9 Å². The Bertz CT molecular complexity index is 807. The summed E-state index contributed by atoms with van der Waals surface area (Å²) in [5.41, 5.74) is 2.42. The van der Waals surface area contributed by atoms with Gasteiger partial charge in [0.25, 0.3) is 0 Å². The molecule has 0 atom stereocenters. The van der Waals surface area contributed by atoms with Crippen molar-refractivity contribution in [1.82, 2.24) is 9.78 Å². The molecular formula is C15H11FN2O2. The van der Waals surface area contributed by atoms with E-state index >= 15 is 0 Å². The number of aromatic carboxylic acids is 1. The number of aromatic nitrogens is 2. The summed E-state index contributed by atoms with van der Waals surface area (Å²) < 4.78 is 14.7. The van der Waals surface area contributed by atoms with Crippen LogP contribution in [0, 0.1) is 5.82 Å². The van der Waals surface area contributed by atoms with Crippen molar-refractivity contribution in [2.75, 3.05) is 0 Å². The molecule has 0 aliphatic heterocycles. The smallest absolute Gasteiger partial charge is 0.335 e. The largest absolute Gasteiger partial charge is 0.478 e. The van der Waals surface area contributed by atoms with E-state index in [-0.39, 0.29) is 11.4 Å². The van der Waals surface area contributed by atoms with Crippen LogP contribution in [0.5, 0.6) is 0 Å². The molecule has 0 aliphatic carbocycles. The number of carboxylic acids is 1. The maximum atomic E-state index is 13.0. The van der Waals surface area contributed by atoms with Gasteiger partial charge in [-0.2, -0.15) is 5.10 Å². The van der Waals surface area contributed by atoms with Gasteiger partial charge in [-0.1, -0.05) is 0 Å². The van der Waals surface area contributed by atoms with Gasteiger partial charge < -0.3 is 5.11 Å². The molecule has 100 valence electrons. The van der Waals surface area contributed by atoms with Crippen molar-refractivity contribution in [3.05, 3.63) is 53.8 Å². The first kappa shape index (κ1) is 12.3. The van der Waals surface area contributed by atoms with Gasteiger partial charge in [-0.3, -0.25) is 4.68 Å². The van der Waals surface area contributed by atoms with Crippen LogP contribution in [0.4, 0.5) is 4.39 Å². The van der Waals surface area contributed by atoms with Crippen LogP contribution < -0.4 is 0 Å². The second kappa shape index (κ2) is 4.45. The summed E-state index contributed by atoms with van der Waals surface area (Å²) in [4.78, 5) is 11.1. The minimum atomic E-state index is -0.985. The lowest BCUT2D eigenvalue weighted by atomic mass is 10.1. The van der Waals surface area contributed by atoms with E-state index in [2.05, 4.69) is 5.10 Å². The zero-order chi connectivity index (χ0) is 14.3. The first-order valence-electron chi connectivity index (χ1n) is 6.02. The van der Waals surface area contributed by atoms with E-state index in [1.54, 1.807) is 42.1 Å². The number of hydrogen-bond donors (Lipinski definition) is 1. The standard InChI is InChI=1S/C15H11FN2O2/c1-18-13-7-4-10(15(19)20)8-12(13)14(17-18)9-2-5-11(16)6-3-9/h2-8H,1H3,(H,19,20). The summed E-state index contributed by atoms with van der Waals surface area (Å²) in [7, 11) is 1.79. The van der Waals surface area contributed by atoms with E-state index in [1.807, 2.05) is 0 Å². The van der Waals surface area contributed by atoms with Crippen molar-refractivity contribution < 1.29 is 14.3 Å². The van der Waals surface area contributed by atoms with Crippen molar-refractivity contribution in [1.29, 1.82) is 0 Å². The number of carboxylic acid groups (broad SMARTS) is 1. The maximum Gasteiger partial charge on any atom is 0.335 e. The first-order chi connectivity index (χ1) is 9.56. The molecule has 0 fully saturated rings. The average molecular weight is 270 g/mol. The van der Waals surface area contributed by atoms with Gasteiger partial charge in [0.05, 0.1) is 11.1 Å². The van der Waals surface area contributed by atoms with Crippen molar-refractivity contribution in [3.8, 4) is 11.3 Å². The Balaban J connectivity index is 2.27. The van der Waals surface area contributed by atoms with E-state index in [4.69, 9.17) is 5.11 Å². The molecule has 0 bridgehead atoms. The number of rotatable bonds is 2. The monoisotopic (exact) mass is 270 g/mol. The van der Waals surface area contributed by atoms with Gasteiger partial charge in [-0.25, -0.2) is 9.18 Å². The summed E-state index contributed by atoms with van der Waals surface area (Å²) in [6.07, 6.45) is 0. The van der Waals surface area contributed by atoms with E-state index in [0.29, 0.717) is 5.69 Å². The Morgan fingerprint density at radius 3 is 2.55 bits per heavy atom. The zero-order valence-corrected chi connectivity index (χ0v) is 10.7. The van der Waals surface area contributed by atoms with Gasteiger partial charge in [0.15, 0.2) is 0 Å². The van der Waals surface area contributed by atoms with Crippen LogP contribution >= 0.6 is 0 Å². The molecule has 0 unspecified atom stereocenters. The molecule has 0 aliphatic rings. The molecule has 5 heteroatoms. The highest BCUT2D eigenvalue weighted by molar-refractivity contribution is 5.99. The van der Waals surface area contributed by atoms with E-state index in [0.717, 1.165) is 16.5 Å². The number of aryl methyl sites for hydroxylation is 1. The Kier molecular flexibility index (Phi) is 2.75. The minimum Gasteiger partial charge on any atom is -0.478 e. The van der Waals surface area contributed by atoms with Gasteiger partial charge >= 0.3 is 5.97 Å². The Morgan fingerprint density at radius 2 is 1.90 bits per heavy atom. The second-order valence-electron chi connectivity index (χ2n) is 4.52. The molecule has 0 radical (unpaired) electrons. The molecular weight excluding hydrogens is 259 g/mol. The van der Waals surface area contributed by atoms with Crippen molar-refractivity contribution in [2.45, 2.75) is 0 Å². The first-order valence-corrected chi connectivity index (χ1v) is 6.02. The van der Waals surface area contributed by atoms with E-state index in [1.165, 1.54) is 12.1 Å². The van der Waals surface area contributed by atoms with Gasteiger partial charge in [-0.15, -0.1) is 0 Å². The van der Waals surface area contributed by atoms with Gasteiger partial charge in [0.1, 0.15) is 11.5 Å². The number of benzene rings is 2. The third-order valence-electron chi connectivity index (χ3n) is 3.21. The maximum absolute atomic E-state index is 13.0. The lowest BCUT2D eigenvalue weighted by molar-refractivity contribution is 0.0697. The summed E-state index contributed by atoms with van der Waals surface area (Å²) in [5, 5.41) is 14.2. The van der Waals surface area contributed by atoms with Crippen LogP contribution in [-0.4, -0.2) is 20.9 Å². The van der Waals surface area contributed by atoms with Gasteiger partial charge in [0.2, 0.25) is 0 Å². The predicted molar refractivity (Wildman–Crippen MR) is 73.1 cm³/mol. The molecule has 1 heterocycles. The normalized spacial score (nSPS) is 10.9. The molecule has 20 heavy (non-hydrogen) atoms. The van der Waals surface area contributed by atoms with Crippen molar-refractivity contribution in [2.24, 2.45) is 7.05 Å². The van der Waals surface area contributed by atoms with Gasteiger partial charge in [-0.05, 0) is 42.5 Å². The summed E-state index contributed by atoms with van der Waals surface area (Å²) in [6.45, 7) is 0. The predicted octanol–water partition coefficient (Wildman–Crippen LogP) is 3.08. The highest BCUT2D eigenvalue weighted by Crippen LogP contribution is 2.28. The van der Waals surface area contributed by atoms with Crippen LogP contribution in [0.25, 0.3) is 22.2 Å². The molecule has 3 rings (SSSR count). The molecule has 0 spiro atoms. The third-order valence-corrected chi connectivity index (χ3v) is 3.21. The molecule has 0 saturated carbocycles. The summed E-state index contributed by atoms with van der Waals surface area (Å²) >= 11 is 0. The zero-order valence-electron chi connectivity index (χ0n) is 10.7. The Morgan fingerprint density at radius 1 is 1.20 bits per heavy atom. The minimum absolute atomic E-state index is 0.203. The van der Waals surface area contributed by atoms with E-state index < -0.39 is 5.97 Å². The quantitative estimate of drug-likeness (QED) is 0.778. The number of carbonyl (C=O) groups is 1. The summed E-state index contributed by atoms with van der Waals surface area (Å²) in [5.74, 6) is -1.30. The van der Waals surface area contributed by atoms with Crippen LogP contribution in [-0.2, 0) is 7.05 Å². The average Bonchev–Trinajstić information content (AvgIpc) is 2.76. The summed E-state index contributed by atoms with van der Waals surface area (Å²) in [6, 6.07) is 10.8. The number of hydrogen-bond acceptors (Lipinski definition) is 2. The molecule has 0 amide bonds. The van der Waals surface area contributed by atoms with Crippen LogP contribution in [0.1, 0.15) is 10.4 Å².